The fraction of sp³-hybridized carbons (Fsp3) is 0.222. The monoisotopic (exact) mass is 574 g/mol. The van der Waals surface area contributed by atoms with E-state index in [0.717, 1.165) is 6.08 Å². The molecule has 5 aromatic rings. The number of aliphatic hydroxyl groups is 1. The topological polar surface area (TPSA) is 147 Å². The normalized spacial score (nSPS) is 15.3. The molecule has 2 aromatic carbocycles. The molecule has 13 nitrogen and oxygen atoms in total. The largest absolute Gasteiger partial charge is 0.457 e. The maximum Gasteiger partial charge on any atom is 0.248 e. The first-order valence-electron chi connectivity index (χ1n) is 12.8. The van der Waals surface area contributed by atoms with E-state index in [1.54, 1.807) is 18.0 Å². The van der Waals surface area contributed by atoms with Crippen LogP contribution < -0.4 is 15.0 Å². The molecule has 0 unspecified atom stereocenters. The van der Waals surface area contributed by atoms with Crippen molar-refractivity contribution in [3.63, 3.8) is 0 Å². The fourth-order valence-electron chi connectivity index (χ4n) is 4.71. The number of carbonyl (C=O) groups is 1. The number of β-amino-alcohol motifs (C(OH)–C–C–N with tert-alkyl or cyclic N) is 1. The number of aryl methyl sites for hydroxylation is 1. The predicted octanol–water partition coefficient (Wildman–Crippen LogP) is 2.98. The zero-order valence-electron chi connectivity index (χ0n) is 22.5. The second kappa shape index (κ2) is 10.6. The van der Waals surface area contributed by atoms with Gasteiger partial charge in [0, 0.05) is 37.8 Å². The number of halogens is 2. The Morgan fingerprint density at radius 3 is 2.81 bits per heavy atom. The Morgan fingerprint density at radius 2 is 2.02 bits per heavy atom. The SMILES string of the molecule is C=CC(=O)N1CCN(c2ncc3ncnc(Nc4ccc(Oc5cc(F)c6c(c5)nnn6C)c(C)c4F)c3n2)C[C@H]1O. The van der Waals surface area contributed by atoms with Gasteiger partial charge in [0.25, 0.3) is 0 Å². The van der Waals surface area contributed by atoms with E-state index in [9.17, 15) is 14.3 Å². The predicted molar refractivity (Wildman–Crippen MR) is 148 cm³/mol. The quantitative estimate of drug-likeness (QED) is 0.289. The van der Waals surface area contributed by atoms with Gasteiger partial charge in [-0.3, -0.25) is 4.79 Å². The summed E-state index contributed by atoms with van der Waals surface area (Å²) in [5.41, 5.74) is 1.55. The number of nitrogens with one attached hydrogen (secondary N) is 1. The minimum Gasteiger partial charge on any atom is -0.457 e. The van der Waals surface area contributed by atoms with Crippen LogP contribution in [-0.4, -0.2) is 76.7 Å². The Bertz CT molecular complexity index is 1860. The summed E-state index contributed by atoms with van der Waals surface area (Å²) in [7, 11) is 1.58. The highest BCUT2D eigenvalue weighted by molar-refractivity contribution is 5.88. The van der Waals surface area contributed by atoms with Gasteiger partial charge >= 0.3 is 0 Å². The van der Waals surface area contributed by atoms with Gasteiger partial charge in [0.15, 0.2) is 17.5 Å². The number of amides is 1. The summed E-state index contributed by atoms with van der Waals surface area (Å²) < 4.78 is 37.2. The van der Waals surface area contributed by atoms with Gasteiger partial charge in [-0.05, 0) is 25.1 Å². The molecule has 1 aliphatic rings. The summed E-state index contributed by atoms with van der Waals surface area (Å²) in [4.78, 5) is 32.4. The van der Waals surface area contributed by atoms with E-state index >= 15 is 4.39 Å². The van der Waals surface area contributed by atoms with Crippen molar-refractivity contribution >= 4 is 45.4 Å². The Hall–Kier alpha value is -5.31. The van der Waals surface area contributed by atoms with Crippen LogP contribution in [0.5, 0.6) is 11.5 Å². The Kier molecular flexibility index (Phi) is 6.78. The summed E-state index contributed by atoms with van der Waals surface area (Å²) >= 11 is 0. The lowest BCUT2D eigenvalue weighted by atomic mass is 10.1. The van der Waals surface area contributed by atoms with E-state index in [0.29, 0.717) is 23.1 Å². The Balaban J connectivity index is 1.25. The molecule has 1 aliphatic heterocycles. The van der Waals surface area contributed by atoms with Gasteiger partial charge in [-0.15, -0.1) is 5.10 Å². The highest BCUT2D eigenvalue weighted by atomic mass is 19.1. The van der Waals surface area contributed by atoms with Gasteiger partial charge < -0.3 is 25.0 Å². The van der Waals surface area contributed by atoms with Gasteiger partial charge in [0.2, 0.25) is 11.9 Å². The second-order valence-electron chi connectivity index (χ2n) is 9.55. The molecule has 6 rings (SSSR count). The summed E-state index contributed by atoms with van der Waals surface area (Å²) in [5, 5.41) is 21.1. The summed E-state index contributed by atoms with van der Waals surface area (Å²) in [6.07, 6.45) is 2.89. The van der Waals surface area contributed by atoms with Crippen LogP contribution in [0.2, 0.25) is 0 Å². The van der Waals surface area contributed by atoms with E-state index in [2.05, 4.69) is 42.1 Å². The van der Waals surface area contributed by atoms with Crippen molar-refractivity contribution in [1.82, 2.24) is 39.8 Å². The number of fused-ring (bicyclic) bond motifs is 2. The van der Waals surface area contributed by atoms with Gasteiger partial charge in [0.05, 0.1) is 18.4 Å². The number of hydrogen-bond acceptors (Lipinski definition) is 11. The first-order chi connectivity index (χ1) is 20.2. The van der Waals surface area contributed by atoms with Crippen LogP contribution >= 0.6 is 0 Å². The van der Waals surface area contributed by atoms with Crippen LogP contribution in [-0.2, 0) is 11.8 Å². The third kappa shape index (κ3) is 4.79. The number of aromatic nitrogens is 7. The lowest BCUT2D eigenvalue weighted by molar-refractivity contribution is -0.136. The van der Waals surface area contributed by atoms with Crippen LogP contribution in [0.4, 0.5) is 26.2 Å². The zero-order valence-corrected chi connectivity index (χ0v) is 22.5. The molecule has 0 spiro atoms. The highest BCUT2D eigenvalue weighted by Gasteiger charge is 2.29. The number of aliphatic hydroxyl groups excluding tert-OH is 1. The highest BCUT2D eigenvalue weighted by Crippen LogP contribution is 2.34. The number of piperazine rings is 1. The molecule has 2 N–H and O–H groups in total. The average Bonchev–Trinajstić information content (AvgIpc) is 3.37. The maximum atomic E-state index is 15.5. The summed E-state index contributed by atoms with van der Waals surface area (Å²) in [6.45, 7) is 5.71. The number of ether oxygens (including phenoxy) is 1. The van der Waals surface area contributed by atoms with Gasteiger partial charge in [0.1, 0.15) is 46.1 Å². The Morgan fingerprint density at radius 1 is 1.19 bits per heavy atom. The number of carbonyl (C=O) groups excluding carboxylic acids is 1. The second-order valence-corrected chi connectivity index (χ2v) is 9.55. The van der Waals surface area contributed by atoms with Crippen molar-refractivity contribution in [1.29, 1.82) is 0 Å². The number of benzene rings is 2. The number of rotatable bonds is 6. The molecule has 214 valence electrons. The van der Waals surface area contributed by atoms with Crippen molar-refractivity contribution in [3.8, 4) is 11.5 Å². The van der Waals surface area contributed by atoms with Crippen LogP contribution in [0.15, 0.2) is 49.4 Å². The molecule has 0 saturated carbocycles. The molecule has 0 bridgehead atoms. The van der Waals surface area contributed by atoms with E-state index in [-0.39, 0.29) is 59.0 Å². The third-order valence-corrected chi connectivity index (χ3v) is 6.90. The molecular formula is C27H24F2N10O3. The van der Waals surface area contributed by atoms with E-state index in [1.165, 1.54) is 47.2 Å². The van der Waals surface area contributed by atoms with Gasteiger partial charge in [-0.1, -0.05) is 11.8 Å². The van der Waals surface area contributed by atoms with Gasteiger partial charge in [-0.25, -0.2) is 33.4 Å². The molecular weight excluding hydrogens is 550 g/mol. The fourth-order valence-corrected chi connectivity index (χ4v) is 4.71. The van der Waals surface area contributed by atoms with Crippen LogP contribution in [0.1, 0.15) is 5.56 Å². The molecule has 1 saturated heterocycles. The molecule has 4 heterocycles. The lowest BCUT2D eigenvalue weighted by Crippen LogP contribution is -2.55. The van der Waals surface area contributed by atoms with Crippen molar-refractivity contribution in [2.45, 2.75) is 13.2 Å². The number of nitrogens with zero attached hydrogens (tertiary/aromatic N) is 9. The molecule has 1 amide bonds. The molecule has 0 aliphatic carbocycles. The van der Waals surface area contributed by atoms with Crippen LogP contribution in [0.3, 0.4) is 0 Å². The minimum atomic E-state index is -1.06. The summed E-state index contributed by atoms with van der Waals surface area (Å²) in [5.74, 6) is -0.690. The molecule has 3 aromatic heterocycles. The molecule has 15 heteroatoms. The van der Waals surface area contributed by atoms with Crippen molar-refractivity contribution in [2.24, 2.45) is 7.05 Å². The van der Waals surface area contributed by atoms with Crippen LogP contribution in [0, 0.1) is 18.6 Å². The smallest absolute Gasteiger partial charge is 0.248 e. The van der Waals surface area contributed by atoms with E-state index < -0.39 is 17.9 Å². The van der Waals surface area contributed by atoms with Gasteiger partial charge in [-0.2, -0.15) is 0 Å². The standard InChI is InChI=1S/C27H24F2N10O3/c1-4-21(40)39-8-7-38(12-22(39)41)27-30-11-19-24(34-27)26(32-13-31-19)33-17-5-6-20(14(2)23(17)29)42-15-9-16(28)25-18(10-15)35-36-37(25)3/h4-6,9-11,13,22,41H,1,7-8,12H2,2-3H3,(H,31,32,33)/t22-/m1/s1. The van der Waals surface area contributed by atoms with Crippen LogP contribution in [0.25, 0.3) is 22.1 Å². The lowest BCUT2D eigenvalue weighted by Gasteiger charge is -2.38. The maximum absolute atomic E-state index is 15.5. The summed E-state index contributed by atoms with van der Waals surface area (Å²) in [6, 6.07) is 5.73. The average molecular weight is 575 g/mol. The van der Waals surface area contributed by atoms with Crippen molar-refractivity contribution in [2.75, 3.05) is 29.9 Å². The number of anilines is 3. The van der Waals surface area contributed by atoms with Crippen molar-refractivity contribution in [3.05, 3.63) is 66.6 Å². The molecule has 0 radical (unpaired) electrons. The third-order valence-electron chi connectivity index (χ3n) is 6.90. The first kappa shape index (κ1) is 26.9. The Labute approximate surface area is 237 Å². The van der Waals surface area contributed by atoms with E-state index in [1.807, 2.05) is 0 Å². The number of hydrogen-bond donors (Lipinski definition) is 2. The molecule has 1 atom stereocenters. The first-order valence-corrected chi connectivity index (χ1v) is 12.8. The molecule has 42 heavy (non-hydrogen) atoms. The minimum absolute atomic E-state index is 0.0878. The van der Waals surface area contributed by atoms with E-state index in [4.69, 9.17) is 4.74 Å². The molecule has 1 fully saturated rings. The van der Waals surface area contributed by atoms with Crippen molar-refractivity contribution < 1.29 is 23.4 Å². The zero-order chi connectivity index (χ0) is 29.5.